The fourth-order valence-corrected chi connectivity index (χ4v) is 1.63. The van der Waals surface area contributed by atoms with Gasteiger partial charge in [0.25, 0.3) is 5.69 Å². The lowest BCUT2D eigenvalue weighted by molar-refractivity contribution is -0.384. The van der Waals surface area contributed by atoms with Crippen LogP contribution in [0, 0.1) is 43.6 Å². The lowest BCUT2D eigenvalue weighted by atomic mass is 9.65. The molecule has 6 heteroatoms. The van der Waals surface area contributed by atoms with Crippen molar-refractivity contribution in [1.82, 2.24) is 0 Å². The van der Waals surface area contributed by atoms with Crippen molar-refractivity contribution in [2.75, 3.05) is 0 Å². The molecule has 1 rings (SSSR count). The Bertz CT molecular complexity index is 619. The van der Waals surface area contributed by atoms with Gasteiger partial charge < -0.3 is 0 Å². The largest absolute Gasteiger partial charge is 0.293 e. The quantitative estimate of drug-likeness (QED) is 0.475. The summed E-state index contributed by atoms with van der Waals surface area (Å²) >= 11 is 0. The van der Waals surface area contributed by atoms with Gasteiger partial charge in [0.2, 0.25) is 0 Å². The molecule has 0 bridgehead atoms. The van der Waals surface area contributed by atoms with Gasteiger partial charge in [-0.3, -0.25) is 14.9 Å². The number of nitrogens with zero attached hydrogens (tertiary/aromatic N) is 3. The molecule has 0 atom stereocenters. The molecule has 1 aromatic carbocycles. The standard InChI is InChI=1S/C14H13N3O3/c1-13(2,14(3,8-15)9-16)12(18)10-4-6-11(7-5-10)17(19)20/h4-7H,1-3H3. The summed E-state index contributed by atoms with van der Waals surface area (Å²) in [6.07, 6.45) is 0. The zero-order valence-electron chi connectivity index (χ0n) is 11.4. The van der Waals surface area contributed by atoms with E-state index in [1.165, 1.54) is 45.0 Å². The van der Waals surface area contributed by atoms with Crippen LogP contribution in [0.2, 0.25) is 0 Å². The Morgan fingerprint density at radius 3 is 1.95 bits per heavy atom. The number of non-ortho nitro benzene ring substituents is 1. The molecule has 0 aliphatic carbocycles. The molecule has 6 nitrogen and oxygen atoms in total. The summed E-state index contributed by atoms with van der Waals surface area (Å²) in [5.41, 5.74) is -2.60. The molecule has 0 aromatic heterocycles. The van der Waals surface area contributed by atoms with E-state index in [1.807, 2.05) is 12.1 Å². The first-order valence-corrected chi connectivity index (χ1v) is 5.81. The minimum Gasteiger partial charge on any atom is -0.293 e. The molecular formula is C14H13N3O3. The first-order chi connectivity index (χ1) is 9.19. The van der Waals surface area contributed by atoms with Crippen molar-refractivity contribution in [3.05, 3.63) is 39.9 Å². The summed E-state index contributed by atoms with van der Waals surface area (Å²) in [6, 6.07) is 8.82. The van der Waals surface area contributed by atoms with Crippen molar-refractivity contribution in [3.8, 4) is 12.1 Å². The van der Waals surface area contributed by atoms with Gasteiger partial charge in [-0.1, -0.05) is 0 Å². The zero-order chi connectivity index (χ0) is 15.6. The molecular weight excluding hydrogens is 258 g/mol. The maximum Gasteiger partial charge on any atom is 0.269 e. The number of nitro groups is 1. The summed E-state index contributed by atoms with van der Waals surface area (Å²) in [7, 11) is 0. The fraction of sp³-hybridized carbons (Fsp3) is 0.357. The lowest BCUT2D eigenvalue weighted by Gasteiger charge is -2.31. The maximum absolute atomic E-state index is 12.4. The smallest absolute Gasteiger partial charge is 0.269 e. The van der Waals surface area contributed by atoms with Crippen LogP contribution in [0.4, 0.5) is 5.69 Å². The van der Waals surface area contributed by atoms with Crippen LogP contribution in [0.15, 0.2) is 24.3 Å². The Hall–Kier alpha value is -2.73. The fourth-order valence-electron chi connectivity index (χ4n) is 1.63. The summed E-state index contributed by atoms with van der Waals surface area (Å²) in [5.74, 6) is -0.405. The highest BCUT2D eigenvalue weighted by molar-refractivity contribution is 6.01. The van der Waals surface area contributed by atoms with Gasteiger partial charge in [0.1, 0.15) is 0 Å². The third kappa shape index (κ3) is 2.36. The van der Waals surface area contributed by atoms with E-state index in [4.69, 9.17) is 10.5 Å². The van der Waals surface area contributed by atoms with E-state index < -0.39 is 21.5 Å². The first-order valence-electron chi connectivity index (χ1n) is 5.81. The van der Waals surface area contributed by atoms with Crippen molar-refractivity contribution >= 4 is 11.5 Å². The minimum atomic E-state index is -1.48. The Morgan fingerprint density at radius 2 is 1.60 bits per heavy atom. The van der Waals surface area contributed by atoms with Crippen molar-refractivity contribution in [3.63, 3.8) is 0 Å². The predicted molar refractivity (Wildman–Crippen MR) is 70.5 cm³/mol. The van der Waals surface area contributed by atoms with Gasteiger partial charge in [0, 0.05) is 17.7 Å². The van der Waals surface area contributed by atoms with Crippen molar-refractivity contribution in [2.45, 2.75) is 20.8 Å². The normalized spacial score (nSPS) is 11.2. The zero-order valence-corrected chi connectivity index (χ0v) is 11.4. The van der Waals surface area contributed by atoms with E-state index in [1.54, 1.807) is 0 Å². The number of carbonyl (C=O) groups excluding carboxylic acids is 1. The van der Waals surface area contributed by atoms with E-state index in [9.17, 15) is 14.9 Å². The van der Waals surface area contributed by atoms with Crippen molar-refractivity contribution < 1.29 is 9.72 Å². The second-order valence-corrected chi connectivity index (χ2v) is 5.11. The van der Waals surface area contributed by atoms with Crippen LogP contribution in [0.5, 0.6) is 0 Å². The third-order valence-electron chi connectivity index (χ3n) is 3.61. The van der Waals surface area contributed by atoms with Gasteiger partial charge >= 0.3 is 0 Å². The van der Waals surface area contributed by atoms with E-state index >= 15 is 0 Å². The highest BCUT2D eigenvalue weighted by Crippen LogP contribution is 2.40. The van der Waals surface area contributed by atoms with Crippen LogP contribution in [0.1, 0.15) is 31.1 Å². The molecule has 0 saturated carbocycles. The number of benzene rings is 1. The summed E-state index contributed by atoms with van der Waals surface area (Å²) in [5, 5.41) is 28.8. The van der Waals surface area contributed by atoms with E-state index in [-0.39, 0.29) is 11.3 Å². The average Bonchev–Trinajstić information content (AvgIpc) is 2.45. The first kappa shape index (κ1) is 15.3. The second kappa shape index (κ2) is 5.10. The molecule has 0 unspecified atom stereocenters. The summed E-state index contributed by atoms with van der Waals surface area (Å²) in [4.78, 5) is 22.4. The molecule has 1 aromatic rings. The highest BCUT2D eigenvalue weighted by Gasteiger charge is 2.47. The van der Waals surface area contributed by atoms with Gasteiger partial charge in [-0.05, 0) is 32.9 Å². The molecule has 0 fully saturated rings. The average molecular weight is 271 g/mol. The molecule has 0 amide bonds. The minimum absolute atomic E-state index is 0.123. The monoisotopic (exact) mass is 271 g/mol. The van der Waals surface area contributed by atoms with Crippen molar-refractivity contribution in [2.24, 2.45) is 10.8 Å². The molecule has 102 valence electrons. The molecule has 0 aliphatic heterocycles. The number of Topliss-reactive ketones (excluding diaryl/α,β-unsaturated/α-hetero) is 1. The van der Waals surface area contributed by atoms with Crippen LogP contribution in [0.25, 0.3) is 0 Å². The number of nitro benzene ring substituents is 1. The Labute approximate surface area is 116 Å². The third-order valence-corrected chi connectivity index (χ3v) is 3.61. The molecule has 20 heavy (non-hydrogen) atoms. The number of carbonyl (C=O) groups is 1. The number of ketones is 1. The number of hydrogen-bond acceptors (Lipinski definition) is 5. The topological polar surface area (TPSA) is 108 Å². The van der Waals surface area contributed by atoms with Crippen LogP contribution in [0.3, 0.4) is 0 Å². The van der Waals surface area contributed by atoms with Gasteiger partial charge in [-0.25, -0.2) is 0 Å². The molecule has 0 radical (unpaired) electrons. The van der Waals surface area contributed by atoms with Gasteiger partial charge in [-0.2, -0.15) is 10.5 Å². The van der Waals surface area contributed by atoms with Crippen LogP contribution < -0.4 is 0 Å². The lowest BCUT2D eigenvalue weighted by Crippen LogP contribution is -2.39. The van der Waals surface area contributed by atoms with Gasteiger partial charge in [0.05, 0.1) is 22.5 Å². The number of nitriles is 2. The Balaban J connectivity index is 3.22. The second-order valence-electron chi connectivity index (χ2n) is 5.11. The van der Waals surface area contributed by atoms with Crippen molar-refractivity contribution in [1.29, 1.82) is 10.5 Å². The summed E-state index contributed by atoms with van der Waals surface area (Å²) in [6.45, 7) is 4.43. The van der Waals surface area contributed by atoms with E-state index in [2.05, 4.69) is 0 Å². The Morgan fingerprint density at radius 1 is 1.15 bits per heavy atom. The molecule has 0 aliphatic rings. The molecule has 0 saturated heterocycles. The Kier molecular flexibility index (Phi) is 3.91. The maximum atomic E-state index is 12.4. The van der Waals surface area contributed by atoms with E-state index in [0.29, 0.717) is 0 Å². The van der Waals surface area contributed by atoms with Gasteiger partial charge in [0.15, 0.2) is 11.2 Å². The predicted octanol–water partition coefficient (Wildman–Crippen LogP) is 2.86. The van der Waals surface area contributed by atoms with Crippen LogP contribution >= 0.6 is 0 Å². The van der Waals surface area contributed by atoms with Crippen LogP contribution in [-0.2, 0) is 0 Å². The van der Waals surface area contributed by atoms with Gasteiger partial charge in [-0.15, -0.1) is 0 Å². The summed E-state index contributed by atoms with van der Waals surface area (Å²) < 4.78 is 0. The highest BCUT2D eigenvalue weighted by atomic mass is 16.6. The molecule has 0 N–H and O–H groups in total. The SMILES string of the molecule is CC(C#N)(C#N)C(C)(C)C(=O)c1ccc([N+](=O)[O-])cc1. The number of rotatable bonds is 4. The molecule has 0 heterocycles. The van der Waals surface area contributed by atoms with E-state index in [0.717, 1.165) is 0 Å². The number of hydrogen-bond donors (Lipinski definition) is 0. The van der Waals surface area contributed by atoms with Crippen LogP contribution in [-0.4, -0.2) is 10.7 Å². The molecule has 0 spiro atoms.